The molecule has 0 atom stereocenters. The van der Waals surface area contributed by atoms with Crippen molar-refractivity contribution in [3.05, 3.63) is 0 Å². The minimum Gasteiger partial charge on any atom is -0.311 e. The van der Waals surface area contributed by atoms with Crippen LogP contribution in [0.4, 0.5) is 9.18 Å². The Labute approximate surface area is 96.8 Å². The van der Waals surface area contributed by atoms with Crippen LogP contribution in [0.3, 0.4) is 0 Å². The van der Waals surface area contributed by atoms with Gasteiger partial charge in [0.25, 0.3) is 0 Å². The summed E-state index contributed by atoms with van der Waals surface area (Å²) < 4.78 is 23.9. The summed E-state index contributed by atoms with van der Waals surface area (Å²) in [6.45, 7) is 3.49. The van der Waals surface area contributed by atoms with E-state index in [-0.39, 0.29) is 28.1 Å². The molecule has 0 heterocycles. The maximum Gasteiger partial charge on any atom is 0.423 e. The molecule has 0 saturated carbocycles. The fraction of sp³-hybridized carbons (Fsp3) is 0.800. The lowest BCUT2D eigenvalue weighted by Crippen LogP contribution is -2.26. The van der Waals surface area contributed by atoms with E-state index in [1.807, 2.05) is 0 Å². The van der Waals surface area contributed by atoms with Crippen molar-refractivity contribution in [1.82, 2.24) is 7.79 Å². The van der Waals surface area contributed by atoms with Gasteiger partial charge in [0.15, 0.2) is 0 Å². The highest BCUT2D eigenvalue weighted by Gasteiger charge is 2.28. The van der Waals surface area contributed by atoms with Crippen molar-refractivity contribution in [2.24, 2.45) is 5.92 Å². The molecule has 0 unspecified atom stereocenters. The van der Waals surface area contributed by atoms with Crippen LogP contribution < -0.4 is 0 Å². The zero-order valence-electron chi connectivity index (χ0n) is 8.07. The highest BCUT2D eigenvalue weighted by Crippen LogP contribution is 2.47. The van der Waals surface area contributed by atoms with Gasteiger partial charge in [-0.1, -0.05) is 30.1 Å². The molecule has 10 heteroatoms. The van der Waals surface area contributed by atoms with E-state index in [4.69, 9.17) is 9.79 Å². The summed E-state index contributed by atoms with van der Waals surface area (Å²) in [5.41, 5.74) is 0. The number of carbonyl (C=O) groups excluding carboxylic acids is 1. The van der Waals surface area contributed by atoms with Crippen LogP contribution in [0.2, 0.25) is 0 Å². The highest BCUT2D eigenvalue weighted by atomic mass is 32.2. The second-order valence-electron chi connectivity index (χ2n) is 3.06. The molecule has 1 amide bonds. The first kappa shape index (κ1) is 15.2. The SMILES string of the molecule is CC(C)CN(SN(S)P(=O)(O)O)C(=O)F. The summed E-state index contributed by atoms with van der Waals surface area (Å²) in [5.74, 6) is -0.0318. The fourth-order valence-corrected chi connectivity index (χ4v) is 2.12. The van der Waals surface area contributed by atoms with E-state index in [2.05, 4.69) is 12.8 Å². The van der Waals surface area contributed by atoms with Crippen molar-refractivity contribution in [2.75, 3.05) is 6.54 Å². The van der Waals surface area contributed by atoms with Gasteiger partial charge in [-0.25, -0.2) is 13.7 Å². The minimum absolute atomic E-state index is 0.0249. The number of carbonyl (C=O) groups is 1. The average molecular weight is 278 g/mol. The van der Waals surface area contributed by atoms with Gasteiger partial charge in [-0.2, -0.15) is 0 Å². The quantitative estimate of drug-likeness (QED) is 0.234. The molecule has 6 nitrogen and oxygen atoms in total. The second kappa shape index (κ2) is 6.07. The molecule has 0 aromatic heterocycles. The zero-order chi connectivity index (χ0) is 12.2. The van der Waals surface area contributed by atoms with E-state index in [1.165, 1.54) is 0 Å². The predicted molar refractivity (Wildman–Crippen MR) is 58.5 cm³/mol. The van der Waals surface area contributed by atoms with Gasteiger partial charge in [-0.15, -0.1) is 4.39 Å². The first-order chi connectivity index (χ1) is 6.64. The first-order valence-corrected chi connectivity index (χ1v) is 6.54. The summed E-state index contributed by atoms with van der Waals surface area (Å²) in [6.07, 6.45) is -1.78. The van der Waals surface area contributed by atoms with E-state index in [9.17, 15) is 13.8 Å². The molecule has 0 rings (SSSR count). The van der Waals surface area contributed by atoms with Crippen molar-refractivity contribution in [3.8, 4) is 0 Å². The molecular weight excluding hydrogens is 266 g/mol. The number of amides is 1. The predicted octanol–water partition coefficient (Wildman–Crippen LogP) is 1.84. The fourth-order valence-electron chi connectivity index (χ4n) is 0.605. The molecule has 0 aromatic rings. The minimum atomic E-state index is -4.59. The molecule has 0 saturated heterocycles. The molecule has 0 aliphatic carbocycles. The largest absolute Gasteiger partial charge is 0.423 e. The van der Waals surface area contributed by atoms with E-state index < -0.39 is 13.9 Å². The summed E-state index contributed by atoms with van der Waals surface area (Å²) in [4.78, 5) is 27.7. The van der Waals surface area contributed by atoms with Gasteiger partial charge in [0.05, 0.1) is 12.1 Å². The summed E-state index contributed by atoms with van der Waals surface area (Å²) in [7, 11) is -4.59. The molecule has 0 radical (unpaired) electrons. The van der Waals surface area contributed by atoms with Gasteiger partial charge >= 0.3 is 13.9 Å². The van der Waals surface area contributed by atoms with Crippen LogP contribution in [0.25, 0.3) is 0 Å². The summed E-state index contributed by atoms with van der Waals surface area (Å²) in [5, 5.41) is 0. The number of halogens is 1. The van der Waals surface area contributed by atoms with Crippen LogP contribution in [-0.4, -0.2) is 30.3 Å². The molecule has 0 aliphatic rings. The van der Waals surface area contributed by atoms with Gasteiger partial charge in [-0.3, -0.25) is 0 Å². The molecule has 0 bridgehead atoms. The lowest BCUT2D eigenvalue weighted by atomic mass is 10.2. The summed E-state index contributed by atoms with van der Waals surface area (Å²) in [6, 6.07) is 0. The van der Waals surface area contributed by atoms with Crippen LogP contribution in [-0.2, 0) is 4.57 Å². The molecule has 0 fully saturated rings. The van der Waals surface area contributed by atoms with E-state index in [1.54, 1.807) is 13.8 Å². The van der Waals surface area contributed by atoms with Crippen molar-refractivity contribution in [1.29, 1.82) is 0 Å². The Balaban J connectivity index is 4.42. The molecule has 0 aliphatic heterocycles. The van der Waals surface area contributed by atoms with Crippen molar-refractivity contribution >= 4 is 38.9 Å². The molecule has 90 valence electrons. The van der Waals surface area contributed by atoms with Gasteiger partial charge in [0.2, 0.25) is 0 Å². The van der Waals surface area contributed by atoms with Crippen LogP contribution in [0, 0.1) is 5.92 Å². The topological polar surface area (TPSA) is 81.1 Å². The monoisotopic (exact) mass is 278 g/mol. The molecular formula is C5H12FN2O4PS2. The van der Waals surface area contributed by atoms with Crippen LogP contribution >= 0.6 is 32.7 Å². The number of nitrogens with zero attached hydrogens (tertiary/aromatic N) is 2. The zero-order valence-corrected chi connectivity index (χ0v) is 10.7. The summed E-state index contributed by atoms with van der Waals surface area (Å²) >= 11 is 3.67. The van der Waals surface area contributed by atoms with Gasteiger partial charge in [-0.05, 0) is 5.92 Å². The maximum atomic E-state index is 12.4. The third-order valence-electron chi connectivity index (χ3n) is 1.12. The Hall–Kier alpha value is 0.210. The second-order valence-corrected chi connectivity index (χ2v) is 6.71. The Kier molecular flexibility index (Phi) is 6.16. The normalized spacial score (nSPS) is 12.3. The average Bonchev–Trinajstić information content (AvgIpc) is 1.99. The Bertz CT molecular complexity index is 274. The number of hydrogen-bond acceptors (Lipinski definition) is 4. The van der Waals surface area contributed by atoms with Gasteiger partial charge in [0.1, 0.15) is 0 Å². The number of rotatable bonds is 5. The lowest BCUT2D eigenvalue weighted by Gasteiger charge is -2.23. The third kappa shape index (κ3) is 6.39. The van der Waals surface area contributed by atoms with E-state index in [0.717, 1.165) is 0 Å². The first-order valence-electron chi connectivity index (χ1n) is 3.84. The molecule has 15 heavy (non-hydrogen) atoms. The molecule has 0 aromatic carbocycles. The van der Waals surface area contributed by atoms with Gasteiger partial charge in [0, 0.05) is 6.54 Å². The third-order valence-corrected chi connectivity index (χ3v) is 3.98. The van der Waals surface area contributed by atoms with E-state index in [0.29, 0.717) is 4.31 Å². The van der Waals surface area contributed by atoms with Crippen LogP contribution in [0.15, 0.2) is 0 Å². The van der Waals surface area contributed by atoms with Crippen LogP contribution in [0.5, 0.6) is 0 Å². The number of thiol groups is 1. The van der Waals surface area contributed by atoms with Crippen molar-refractivity contribution < 1.29 is 23.5 Å². The van der Waals surface area contributed by atoms with Crippen molar-refractivity contribution in [2.45, 2.75) is 13.8 Å². The van der Waals surface area contributed by atoms with E-state index >= 15 is 0 Å². The van der Waals surface area contributed by atoms with Gasteiger partial charge < -0.3 is 9.79 Å². The van der Waals surface area contributed by atoms with Crippen molar-refractivity contribution in [3.63, 3.8) is 0 Å². The highest BCUT2D eigenvalue weighted by molar-refractivity contribution is 8.10. The lowest BCUT2D eigenvalue weighted by molar-refractivity contribution is 0.200. The van der Waals surface area contributed by atoms with Crippen LogP contribution in [0.1, 0.15) is 13.8 Å². The number of hydrogen-bond donors (Lipinski definition) is 3. The molecule has 0 spiro atoms. The Morgan fingerprint density at radius 1 is 1.60 bits per heavy atom. The standard InChI is InChI=1S/C5H12FN2O4PS2/c1-4(2)3-7(5(6)9)15-8(14)13(10,11)12/h4,14H,3H2,1-2H3,(H2,10,11,12). The molecule has 2 N–H and O–H groups in total. The Morgan fingerprint density at radius 3 is 2.33 bits per heavy atom. The Morgan fingerprint density at radius 2 is 2.07 bits per heavy atom. The maximum absolute atomic E-state index is 12.4. The smallest absolute Gasteiger partial charge is 0.311 e.